The lowest BCUT2D eigenvalue weighted by molar-refractivity contribution is 1.18. The molecule has 84 valence electrons. The monoisotopic (exact) mass is 249 g/mol. The molecule has 16 heavy (non-hydrogen) atoms. The fraction of sp³-hybridized carbons (Fsp3) is 0.308. The van der Waals surface area contributed by atoms with Crippen molar-refractivity contribution < 1.29 is 0 Å². The second-order valence-electron chi connectivity index (χ2n) is 3.60. The van der Waals surface area contributed by atoms with Crippen LogP contribution in [0.5, 0.6) is 0 Å². The first-order valence-electron chi connectivity index (χ1n) is 5.37. The standard InChI is InChI=1S/C13H15NS2/c1-11(9-13-14-7-8-15-13)16-10-12-5-3-2-4-6-12/h2-6,9H,7-8,10H2,1H3/b11-9-. The van der Waals surface area contributed by atoms with Crippen LogP contribution < -0.4 is 0 Å². The molecule has 1 aromatic rings. The number of aliphatic imine (C=N–C) groups is 1. The lowest BCUT2D eigenvalue weighted by Gasteiger charge is -2.01. The maximum atomic E-state index is 4.42. The van der Waals surface area contributed by atoms with E-state index in [0.29, 0.717) is 0 Å². The van der Waals surface area contributed by atoms with Crippen molar-refractivity contribution in [2.75, 3.05) is 12.3 Å². The van der Waals surface area contributed by atoms with Crippen LogP contribution in [-0.2, 0) is 5.75 Å². The fourth-order valence-corrected chi connectivity index (χ4v) is 3.12. The molecule has 0 aliphatic carbocycles. The van der Waals surface area contributed by atoms with Gasteiger partial charge in [0.1, 0.15) is 0 Å². The summed E-state index contributed by atoms with van der Waals surface area (Å²) in [4.78, 5) is 5.77. The van der Waals surface area contributed by atoms with E-state index >= 15 is 0 Å². The van der Waals surface area contributed by atoms with Gasteiger partial charge in [0, 0.05) is 18.1 Å². The number of allylic oxidation sites excluding steroid dienone is 1. The number of rotatable bonds is 4. The summed E-state index contributed by atoms with van der Waals surface area (Å²) < 4.78 is 0. The van der Waals surface area contributed by atoms with Gasteiger partial charge in [0.2, 0.25) is 0 Å². The van der Waals surface area contributed by atoms with Crippen molar-refractivity contribution in [2.24, 2.45) is 4.99 Å². The molecule has 3 heteroatoms. The average Bonchev–Trinajstić information content (AvgIpc) is 2.81. The molecular formula is C13H15NS2. The number of hydrogen-bond acceptors (Lipinski definition) is 3. The minimum Gasteiger partial charge on any atom is -0.278 e. The van der Waals surface area contributed by atoms with Crippen LogP contribution in [0, 0.1) is 0 Å². The van der Waals surface area contributed by atoms with Gasteiger partial charge >= 0.3 is 0 Å². The van der Waals surface area contributed by atoms with E-state index in [1.807, 2.05) is 23.5 Å². The van der Waals surface area contributed by atoms with E-state index in [1.54, 1.807) is 0 Å². The molecule has 1 aromatic carbocycles. The van der Waals surface area contributed by atoms with Crippen LogP contribution in [0.1, 0.15) is 12.5 Å². The van der Waals surface area contributed by atoms with E-state index in [1.165, 1.54) is 15.5 Å². The summed E-state index contributed by atoms with van der Waals surface area (Å²) in [7, 11) is 0. The number of hydrogen-bond donors (Lipinski definition) is 0. The lowest BCUT2D eigenvalue weighted by Crippen LogP contribution is -1.83. The molecule has 0 radical (unpaired) electrons. The molecule has 0 unspecified atom stereocenters. The molecule has 0 bridgehead atoms. The SMILES string of the molecule is C/C(=C/C1=NCCS1)SCc1ccccc1. The van der Waals surface area contributed by atoms with Gasteiger partial charge in [-0.2, -0.15) is 0 Å². The minimum atomic E-state index is 0.979. The third-order valence-electron chi connectivity index (χ3n) is 2.24. The minimum absolute atomic E-state index is 0.979. The van der Waals surface area contributed by atoms with E-state index in [4.69, 9.17) is 0 Å². The zero-order valence-electron chi connectivity index (χ0n) is 9.35. The molecule has 0 atom stereocenters. The molecule has 2 rings (SSSR count). The zero-order chi connectivity index (χ0) is 11.2. The normalized spacial score (nSPS) is 16.3. The highest BCUT2D eigenvalue weighted by Gasteiger charge is 2.04. The van der Waals surface area contributed by atoms with Gasteiger partial charge in [-0.05, 0) is 23.5 Å². The Bertz CT molecular complexity index is 396. The van der Waals surface area contributed by atoms with Crippen molar-refractivity contribution in [3.8, 4) is 0 Å². The smallest absolute Gasteiger partial charge is 0.0913 e. The van der Waals surface area contributed by atoms with Crippen molar-refractivity contribution >= 4 is 28.6 Å². The van der Waals surface area contributed by atoms with Gasteiger partial charge in [-0.3, -0.25) is 4.99 Å². The van der Waals surface area contributed by atoms with Crippen LogP contribution in [-0.4, -0.2) is 17.3 Å². The quantitative estimate of drug-likeness (QED) is 0.800. The summed E-state index contributed by atoms with van der Waals surface area (Å²) >= 11 is 3.74. The first-order chi connectivity index (χ1) is 7.84. The van der Waals surface area contributed by atoms with E-state index < -0.39 is 0 Å². The van der Waals surface area contributed by atoms with Crippen molar-refractivity contribution in [1.29, 1.82) is 0 Å². The van der Waals surface area contributed by atoms with Gasteiger partial charge in [-0.15, -0.1) is 23.5 Å². The van der Waals surface area contributed by atoms with Crippen molar-refractivity contribution in [2.45, 2.75) is 12.7 Å². The molecule has 0 fully saturated rings. The predicted molar refractivity (Wildman–Crippen MR) is 76.3 cm³/mol. The summed E-state index contributed by atoms with van der Waals surface area (Å²) in [6.07, 6.45) is 2.20. The molecule has 0 saturated heterocycles. The second-order valence-corrected chi connectivity index (χ2v) is 5.93. The molecule has 0 spiro atoms. The maximum absolute atomic E-state index is 4.42. The largest absolute Gasteiger partial charge is 0.278 e. The Balaban J connectivity index is 1.86. The van der Waals surface area contributed by atoms with E-state index in [-0.39, 0.29) is 0 Å². The van der Waals surface area contributed by atoms with Crippen molar-refractivity contribution in [1.82, 2.24) is 0 Å². The van der Waals surface area contributed by atoms with Crippen LogP contribution in [0.15, 0.2) is 46.3 Å². The summed E-state index contributed by atoms with van der Waals surface area (Å²) in [5.74, 6) is 2.18. The Kier molecular flexibility index (Phi) is 4.55. The Labute approximate surface area is 105 Å². The van der Waals surface area contributed by atoms with Crippen molar-refractivity contribution in [3.05, 3.63) is 46.9 Å². The predicted octanol–water partition coefficient (Wildman–Crippen LogP) is 3.97. The molecule has 0 amide bonds. The van der Waals surface area contributed by atoms with E-state index in [2.05, 4.69) is 48.3 Å². The number of benzene rings is 1. The van der Waals surface area contributed by atoms with E-state index in [0.717, 1.165) is 18.1 Å². The fourth-order valence-electron chi connectivity index (χ4n) is 1.43. The Morgan fingerprint density at radius 2 is 2.25 bits per heavy atom. The maximum Gasteiger partial charge on any atom is 0.0913 e. The first kappa shape index (κ1) is 11.8. The van der Waals surface area contributed by atoms with Gasteiger partial charge in [0.05, 0.1) is 5.04 Å². The summed E-state index contributed by atoms with van der Waals surface area (Å²) in [6, 6.07) is 10.6. The van der Waals surface area contributed by atoms with Gasteiger partial charge in [-0.1, -0.05) is 30.3 Å². The third-order valence-corrected chi connectivity index (χ3v) is 4.23. The zero-order valence-corrected chi connectivity index (χ0v) is 11.0. The van der Waals surface area contributed by atoms with E-state index in [9.17, 15) is 0 Å². The second kappa shape index (κ2) is 6.16. The summed E-state index contributed by atoms with van der Waals surface area (Å²) in [5, 5.41) is 1.19. The molecule has 1 nitrogen and oxygen atoms in total. The topological polar surface area (TPSA) is 12.4 Å². The van der Waals surface area contributed by atoms with Gasteiger partial charge in [0.15, 0.2) is 0 Å². The molecule has 1 aliphatic heterocycles. The van der Waals surface area contributed by atoms with Gasteiger partial charge in [0.25, 0.3) is 0 Å². The average molecular weight is 249 g/mol. The molecule has 0 N–H and O–H groups in total. The Morgan fingerprint density at radius 3 is 2.94 bits per heavy atom. The molecular weight excluding hydrogens is 234 g/mol. The lowest BCUT2D eigenvalue weighted by atomic mass is 10.2. The van der Waals surface area contributed by atoms with Crippen LogP contribution in [0.3, 0.4) is 0 Å². The molecule has 1 aliphatic rings. The molecule has 0 saturated carbocycles. The highest BCUT2D eigenvalue weighted by atomic mass is 32.2. The highest BCUT2D eigenvalue weighted by molar-refractivity contribution is 8.14. The first-order valence-corrected chi connectivity index (χ1v) is 7.34. The third kappa shape index (κ3) is 3.72. The summed E-state index contributed by atoms with van der Waals surface area (Å²) in [6.45, 7) is 3.14. The van der Waals surface area contributed by atoms with Gasteiger partial charge in [-0.25, -0.2) is 0 Å². The van der Waals surface area contributed by atoms with Crippen LogP contribution >= 0.6 is 23.5 Å². The van der Waals surface area contributed by atoms with Crippen LogP contribution in [0.2, 0.25) is 0 Å². The van der Waals surface area contributed by atoms with Crippen LogP contribution in [0.4, 0.5) is 0 Å². The van der Waals surface area contributed by atoms with Crippen molar-refractivity contribution in [3.63, 3.8) is 0 Å². The van der Waals surface area contributed by atoms with Crippen LogP contribution in [0.25, 0.3) is 0 Å². The number of thioether (sulfide) groups is 2. The Morgan fingerprint density at radius 1 is 1.44 bits per heavy atom. The number of nitrogens with zero attached hydrogens (tertiary/aromatic N) is 1. The van der Waals surface area contributed by atoms with Gasteiger partial charge < -0.3 is 0 Å². The Hall–Kier alpha value is -0.670. The summed E-state index contributed by atoms with van der Waals surface area (Å²) in [5.41, 5.74) is 1.38. The molecule has 1 heterocycles. The molecule has 0 aromatic heterocycles. The highest BCUT2D eigenvalue weighted by Crippen LogP contribution is 2.23.